The van der Waals surface area contributed by atoms with E-state index in [1.165, 1.54) is 0 Å². The zero-order valence-electron chi connectivity index (χ0n) is 16.1. The summed E-state index contributed by atoms with van der Waals surface area (Å²) in [6.45, 7) is 0.335. The average Bonchev–Trinajstić information content (AvgIpc) is 2.85. The van der Waals surface area contributed by atoms with Gasteiger partial charge in [-0.25, -0.2) is 4.79 Å². The standard InChI is InChI=1S/C17H26O13/c1-16(25)10-15(30-14-9(21)8(20)7(19)6(3-18)29-14)28-4-5(13(24)27-2)17(10,26)12(23)11(16)22/h4,6-12,14-15,18-23,25-26H,3H2,1-2H3/t6-,7-,8+,9-,10+,11+,12-,14+,15+,16-,17+/m1/s1. The molecule has 1 saturated carbocycles. The summed E-state index contributed by atoms with van der Waals surface area (Å²) in [7, 11) is 1.01. The maximum absolute atomic E-state index is 12.1. The second-order valence-corrected chi connectivity index (χ2v) is 7.78. The molecule has 3 rings (SSSR count). The van der Waals surface area contributed by atoms with Crippen LogP contribution >= 0.6 is 0 Å². The second-order valence-electron chi connectivity index (χ2n) is 7.78. The number of aliphatic hydroxyl groups excluding tert-OH is 6. The van der Waals surface area contributed by atoms with Crippen molar-refractivity contribution in [2.24, 2.45) is 5.92 Å². The maximum Gasteiger partial charge on any atom is 0.339 e. The summed E-state index contributed by atoms with van der Waals surface area (Å²) in [5.41, 5.74) is -5.43. The zero-order chi connectivity index (χ0) is 22.6. The smallest absolute Gasteiger partial charge is 0.339 e. The Balaban J connectivity index is 1.96. The Labute approximate surface area is 170 Å². The van der Waals surface area contributed by atoms with Gasteiger partial charge in [0.2, 0.25) is 6.29 Å². The van der Waals surface area contributed by atoms with Crippen LogP contribution in [0.2, 0.25) is 0 Å². The molecule has 13 nitrogen and oxygen atoms in total. The minimum atomic E-state index is -2.58. The normalized spacial score (nSPS) is 51.0. The molecular weight excluding hydrogens is 412 g/mol. The van der Waals surface area contributed by atoms with E-state index in [0.29, 0.717) is 6.26 Å². The van der Waals surface area contributed by atoms with E-state index in [9.17, 15) is 45.6 Å². The topological polar surface area (TPSA) is 216 Å². The van der Waals surface area contributed by atoms with Crippen molar-refractivity contribution in [3.8, 4) is 0 Å². The van der Waals surface area contributed by atoms with E-state index in [1.54, 1.807) is 0 Å². The number of ether oxygens (including phenoxy) is 4. The first-order valence-corrected chi connectivity index (χ1v) is 9.14. The molecule has 0 aromatic heterocycles. The van der Waals surface area contributed by atoms with Crippen molar-refractivity contribution in [3.05, 3.63) is 11.8 Å². The number of fused-ring (bicyclic) bond motifs is 1. The molecule has 30 heavy (non-hydrogen) atoms. The molecule has 2 fully saturated rings. The van der Waals surface area contributed by atoms with Crippen molar-refractivity contribution in [2.75, 3.05) is 13.7 Å². The van der Waals surface area contributed by atoms with E-state index >= 15 is 0 Å². The van der Waals surface area contributed by atoms with Crippen LogP contribution in [-0.2, 0) is 23.7 Å². The molecule has 0 amide bonds. The van der Waals surface area contributed by atoms with E-state index in [2.05, 4.69) is 4.74 Å². The molecule has 0 bridgehead atoms. The van der Waals surface area contributed by atoms with Gasteiger partial charge in [0.15, 0.2) is 6.29 Å². The quantitative estimate of drug-likeness (QED) is 0.193. The minimum absolute atomic E-state index is 0.590. The second kappa shape index (κ2) is 7.94. The van der Waals surface area contributed by atoms with Crippen LogP contribution in [0, 0.1) is 5.92 Å². The summed E-state index contributed by atoms with van der Waals surface area (Å²) in [4.78, 5) is 12.1. The molecule has 2 aliphatic heterocycles. The molecule has 8 N–H and O–H groups in total. The number of hydrogen-bond acceptors (Lipinski definition) is 13. The van der Waals surface area contributed by atoms with Crippen LogP contribution in [0.3, 0.4) is 0 Å². The molecule has 1 aliphatic carbocycles. The van der Waals surface area contributed by atoms with Crippen molar-refractivity contribution in [1.82, 2.24) is 0 Å². The lowest BCUT2D eigenvalue weighted by atomic mass is 9.76. The highest BCUT2D eigenvalue weighted by atomic mass is 16.8. The van der Waals surface area contributed by atoms with Gasteiger partial charge in [0.25, 0.3) is 0 Å². The van der Waals surface area contributed by atoms with Gasteiger partial charge >= 0.3 is 5.97 Å². The number of esters is 1. The first-order chi connectivity index (χ1) is 13.9. The SMILES string of the molecule is COC(=O)C1=CO[C@@H](O[C@@H]2O[C@H](CO)[C@@H](O)[C@H](O)[C@H]2O)[C@H]2[C@@](C)(O)[C@@H](O)[C@@H](O)[C@]12O. The Morgan fingerprint density at radius 2 is 1.70 bits per heavy atom. The Hall–Kier alpha value is -1.39. The van der Waals surface area contributed by atoms with E-state index in [-0.39, 0.29) is 0 Å². The number of hydrogen-bond donors (Lipinski definition) is 8. The molecule has 3 aliphatic rings. The minimum Gasteiger partial charge on any atom is -0.471 e. The summed E-state index contributed by atoms with van der Waals surface area (Å²) in [6, 6.07) is 0. The third kappa shape index (κ3) is 3.22. The summed E-state index contributed by atoms with van der Waals surface area (Å²) < 4.78 is 20.5. The van der Waals surface area contributed by atoms with Gasteiger partial charge in [-0.3, -0.25) is 0 Å². The highest BCUT2D eigenvalue weighted by Gasteiger charge is 2.72. The predicted molar refractivity (Wildman–Crippen MR) is 90.9 cm³/mol. The van der Waals surface area contributed by atoms with E-state index in [4.69, 9.17) is 14.2 Å². The molecule has 172 valence electrons. The van der Waals surface area contributed by atoms with Crippen molar-refractivity contribution < 1.29 is 64.6 Å². The average molecular weight is 438 g/mol. The van der Waals surface area contributed by atoms with Gasteiger partial charge in [-0.1, -0.05) is 0 Å². The summed E-state index contributed by atoms with van der Waals surface area (Å²) in [5, 5.41) is 81.9. The number of aliphatic hydroxyl groups is 8. The highest BCUT2D eigenvalue weighted by molar-refractivity contribution is 5.91. The Morgan fingerprint density at radius 1 is 1.07 bits per heavy atom. The van der Waals surface area contributed by atoms with Crippen LogP contribution in [0.25, 0.3) is 0 Å². The van der Waals surface area contributed by atoms with Gasteiger partial charge in [0, 0.05) is 0 Å². The van der Waals surface area contributed by atoms with Gasteiger partial charge in [-0.2, -0.15) is 0 Å². The van der Waals surface area contributed by atoms with Crippen molar-refractivity contribution in [1.29, 1.82) is 0 Å². The molecule has 2 heterocycles. The predicted octanol–water partition coefficient (Wildman–Crippen LogP) is -4.95. The van der Waals surface area contributed by atoms with Crippen LogP contribution < -0.4 is 0 Å². The van der Waals surface area contributed by atoms with E-state index < -0.39 is 84.5 Å². The first kappa shape index (κ1) is 23.3. The van der Waals surface area contributed by atoms with E-state index in [1.807, 2.05) is 0 Å². The molecule has 1 saturated heterocycles. The summed E-state index contributed by atoms with van der Waals surface area (Å²) in [6.07, 6.45) is -13.3. The van der Waals surface area contributed by atoms with Crippen molar-refractivity contribution in [2.45, 2.75) is 67.3 Å². The molecule has 11 atom stereocenters. The Morgan fingerprint density at radius 3 is 2.27 bits per heavy atom. The number of carbonyl (C=O) groups is 1. The lowest BCUT2D eigenvalue weighted by Crippen LogP contribution is -2.63. The molecule has 0 aromatic rings. The Bertz CT molecular complexity index is 693. The van der Waals surface area contributed by atoms with E-state index in [0.717, 1.165) is 14.0 Å². The molecule has 0 aromatic carbocycles. The summed E-state index contributed by atoms with van der Waals surface area (Å²) in [5.74, 6) is -2.79. The molecular formula is C17H26O13. The number of carbonyl (C=O) groups excluding carboxylic acids is 1. The van der Waals surface area contributed by atoms with Crippen molar-refractivity contribution >= 4 is 5.97 Å². The van der Waals surface area contributed by atoms with Gasteiger partial charge in [0.1, 0.15) is 59.7 Å². The first-order valence-electron chi connectivity index (χ1n) is 9.14. The zero-order valence-corrected chi connectivity index (χ0v) is 16.1. The highest BCUT2D eigenvalue weighted by Crippen LogP contribution is 2.52. The van der Waals surface area contributed by atoms with Crippen LogP contribution in [0.5, 0.6) is 0 Å². The maximum atomic E-state index is 12.1. The molecule has 13 heteroatoms. The van der Waals surface area contributed by atoms with Gasteiger partial charge in [-0.15, -0.1) is 0 Å². The molecule has 0 unspecified atom stereocenters. The Kier molecular flexibility index (Phi) is 6.16. The summed E-state index contributed by atoms with van der Waals surface area (Å²) >= 11 is 0. The molecule has 0 radical (unpaired) electrons. The largest absolute Gasteiger partial charge is 0.471 e. The number of rotatable bonds is 4. The van der Waals surface area contributed by atoms with Crippen molar-refractivity contribution in [3.63, 3.8) is 0 Å². The van der Waals surface area contributed by atoms with Gasteiger partial charge in [0.05, 0.1) is 19.6 Å². The van der Waals surface area contributed by atoms with Crippen LogP contribution in [0.15, 0.2) is 11.8 Å². The van der Waals surface area contributed by atoms with Crippen LogP contribution in [0.4, 0.5) is 0 Å². The monoisotopic (exact) mass is 438 g/mol. The van der Waals surface area contributed by atoms with Gasteiger partial charge < -0.3 is 59.8 Å². The lowest BCUT2D eigenvalue weighted by molar-refractivity contribution is -0.352. The lowest BCUT2D eigenvalue weighted by Gasteiger charge is -2.46. The fraction of sp³-hybridized carbons (Fsp3) is 0.824. The van der Waals surface area contributed by atoms with Gasteiger partial charge in [-0.05, 0) is 6.92 Å². The third-order valence-electron chi connectivity index (χ3n) is 6.00. The number of methoxy groups -OCH3 is 1. The van der Waals surface area contributed by atoms with Crippen LogP contribution in [-0.4, -0.2) is 121 Å². The fourth-order valence-corrected chi connectivity index (χ4v) is 4.24. The molecule has 0 spiro atoms. The fourth-order valence-electron chi connectivity index (χ4n) is 4.24. The third-order valence-corrected chi connectivity index (χ3v) is 6.00. The van der Waals surface area contributed by atoms with Crippen LogP contribution in [0.1, 0.15) is 6.92 Å².